The zero-order valence-electron chi connectivity index (χ0n) is 11.6. The fraction of sp³-hybridized carbons (Fsp3) is 0.929. The van der Waals surface area contributed by atoms with Crippen molar-refractivity contribution >= 4 is 5.97 Å². The molecule has 1 saturated heterocycles. The van der Waals surface area contributed by atoms with Crippen LogP contribution in [-0.4, -0.2) is 59.6 Å². The Kier molecular flexibility index (Phi) is 4.62. The van der Waals surface area contributed by atoms with Crippen molar-refractivity contribution in [3.05, 3.63) is 0 Å². The smallest absolute Gasteiger partial charge is 0.308 e. The first-order valence-corrected chi connectivity index (χ1v) is 7.26. The molecule has 0 aromatic carbocycles. The predicted molar refractivity (Wildman–Crippen MR) is 71.7 cm³/mol. The summed E-state index contributed by atoms with van der Waals surface area (Å²) in [6, 6.07) is 0.736. The first kappa shape index (κ1) is 13.8. The molecular formula is C14H26N2O2. The van der Waals surface area contributed by atoms with Gasteiger partial charge in [0.2, 0.25) is 0 Å². The SMILES string of the molecule is CC1CN(C)CCCN1C1CCCCC1C(=O)O. The van der Waals surface area contributed by atoms with Gasteiger partial charge < -0.3 is 10.0 Å². The first-order chi connectivity index (χ1) is 8.59. The summed E-state index contributed by atoms with van der Waals surface area (Å²) >= 11 is 0. The van der Waals surface area contributed by atoms with E-state index in [1.807, 2.05) is 0 Å². The highest BCUT2D eigenvalue weighted by molar-refractivity contribution is 5.71. The highest BCUT2D eigenvalue weighted by Gasteiger charge is 2.37. The van der Waals surface area contributed by atoms with Gasteiger partial charge in [-0.2, -0.15) is 0 Å². The van der Waals surface area contributed by atoms with Gasteiger partial charge in [-0.15, -0.1) is 0 Å². The Morgan fingerprint density at radius 2 is 1.89 bits per heavy atom. The quantitative estimate of drug-likeness (QED) is 0.814. The van der Waals surface area contributed by atoms with E-state index in [2.05, 4.69) is 23.8 Å². The Morgan fingerprint density at radius 1 is 1.17 bits per heavy atom. The topological polar surface area (TPSA) is 43.8 Å². The summed E-state index contributed by atoms with van der Waals surface area (Å²) in [4.78, 5) is 16.3. The second-order valence-electron chi connectivity index (χ2n) is 6.00. The summed E-state index contributed by atoms with van der Waals surface area (Å²) in [5.74, 6) is -0.742. The van der Waals surface area contributed by atoms with Crippen LogP contribution in [0.4, 0.5) is 0 Å². The predicted octanol–water partition coefficient (Wildman–Crippen LogP) is 1.66. The Morgan fingerprint density at radius 3 is 2.61 bits per heavy atom. The molecular weight excluding hydrogens is 228 g/mol. The van der Waals surface area contributed by atoms with Gasteiger partial charge >= 0.3 is 5.97 Å². The molecule has 0 aromatic rings. The molecule has 0 spiro atoms. The van der Waals surface area contributed by atoms with E-state index in [0.29, 0.717) is 6.04 Å². The maximum atomic E-state index is 11.4. The molecule has 104 valence electrons. The van der Waals surface area contributed by atoms with E-state index in [-0.39, 0.29) is 12.0 Å². The Balaban J connectivity index is 2.09. The van der Waals surface area contributed by atoms with Crippen LogP contribution in [0.3, 0.4) is 0 Å². The van der Waals surface area contributed by atoms with Crippen LogP contribution in [0.25, 0.3) is 0 Å². The molecule has 1 aliphatic heterocycles. The molecule has 4 nitrogen and oxygen atoms in total. The summed E-state index contributed by atoms with van der Waals surface area (Å²) in [6.07, 6.45) is 5.34. The van der Waals surface area contributed by atoms with Crippen LogP contribution in [0, 0.1) is 5.92 Å². The van der Waals surface area contributed by atoms with Gasteiger partial charge in [0.05, 0.1) is 5.92 Å². The lowest BCUT2D eigenvalue weighted by atomic mass is 9.83. The van der Waals surface area contributed by atoms with E-state index in [1.54, 1.807) is 0 Å². The maximum Gasteiger partial charge on any atom is 0.308 e. The molecule has 0 aromatic heterocycles. The standard InChI is InChI=1S/C14H26N2O2/c1-11-10-15(2)8-5-9-16(11)13-7-4-3-6-12(13)14(17)18/h11-13H,3-10H2,1-2H3,(H,17,18). The normalized spacial score (nSPS) is 36.2. The van der Waals surface area contributed by atoms with Gasteiger partial charge in [-0.3, -0.25) is 9.69 Å². The van der Waals surface area contributed by atoms with Crippen molar-refractivity contribution in [2.45, 2.75) is 51.1 Å². The highest BCUT2D eigenvalue weighted by atomic mass is 16.4. The van der Waals surface area contributed by atoms with Gasteiger partial charge in [-0.1, -0.05) is 12.8 Å². The summed E-state index contributed by atoms with van der Waals surface area (Å²) in [5.41, 5.74) is 0. The van der Waals surface area contributed by atoms with Gasteiger partial charge in [0.15, 0.2) is 0 Å². The minimum atomic E-state index is -0.593. The number of carboxylic acid groups (broad SMARTS) is 1. The van der Waals surface area contributed by atoms with E-state index in [0.717, 1.165) is 45.3 Å². The van der Waals surface area contributed by atoms with Crippen molar-refractivity contribution in [3.63, 3.8) is 0 Å². The summed E-state index contributed by atoms with van der Waals surface area (Å²) in [5, 5.41) is 9.41. The van der Waals surface area contributed by atoms with Gasteiger partial charge in [0, 0.05) is 25.2 Å². The number of carboxylic acids is 1. The lowest BCUT2D eigenvalue weighted by Crippen LogP contribution is -2.50. The van der Waals surface area contributed by atoms with Crippen LogP contribution < -0.4 is 0 Å². The van der Waals surface area contributed by atoms with Crippen molar-refractivity contribution in [3.8, 4) is 0 Å². The van der Waals surface area contributed by atoms with Crippen LogP contribution in [0.5, 0.6) is 0 Å². The van der Waals surface area contributed by atoms with Crippen molar-refractivity contribution in [2.24, 2.45) is 5.92 Å². The highest BCUT2D eigenvalue weighted by Crippen LogP contribution is 2.30. The van der Waals surface area contributed by atoms with Crippen LogP contribution in [0.2, 0.25) is 0 Å². The Bertz CT molecular complexity index is 296. The third-order valence-electron chi connectivity index (χ3n) is 4.57. The lowest BCUT2D eigenvalue weighted by Gasteiger charge is -2.41. The molecule has 0 amide bonds. The van der Waals surface area contributed by atoms with Crippen molar-refractivity contribution in [1.82, 2.24) is 9.80 Å². The molecule has 4 heteroatoms. The second kappa shape index (κ2) is 6.02. The van der Waals surface area contributed by atoms with Crippen LogP contribution in [-0.2, 0) is 4.79 Å². The molecule has 0 radical (unpaired) electrons. The molecule has 1 saturated carbocycles. The van der Waals surface area contributed by atoms with E-state index in [9.17, 15) is 9.90 Å². The van der Waals surface area contributed by atoms with Gasteiger partial charge in [0.25, 0.3) is 0 Å². The van der Waals surface area contributed by atoms with E-state index < -0.39 is 5.97 Å². The molecule has 18 heavy (non-hydrogen) atoms. The third kappa shape index (κ3) is 3.04. The largest absolute Gasteiger partial charge is 0.481 e. The molecule has 1 N–H and O–H groups in total. The average molecular weight is 254 g/mol. The maximum absolute atomic E-state index is 11.4. The Hall–Kier alpha value is -0.610. The lowest BCUT2D eigenvalue weighted by molar-refractivity contribution is -0.146. The minimum Gasteiger partial charge on any atom is -0.481 e. The number of nitrogens with zero attached hydrogens (tertiary/aromatic N) is 2. The van der Waals surface area contributed by atoms with Crippen molar-refractivity contribution in [2.75, 3.05) is 26.7 Å². The third-order valence-corrected chi connectivity index (χ3v) is 4.57. The van der Waals surface area contributed by atoms with E-state index in [1.165, 1.54) is 6.42 Å². The zero-order chi connectivity index (χ0) is 13.1. The van der Waals surface area contributed by atoms with Gasteiger partial charge in [-0.25, -0.2) is 0 Å². The van der Waals surface area contributed by atoms with Crippen LogP contribution >= 0.6 is 0 Å². The fourth-order valence-corrected chi connectivity index (χ4v) is 3.68. The first-order valence-electron chi connectivity index (χ1n) is 7.26. The molecule has 2 aliphatic rings. The van der Waals surface area contributed by atoms with Gasteiger partial charge in [-0.05, 0) is 39.8 Å². The molecule has 0 bridgehead atoms. The van der Waals surface area contributed by atoms with Crippen molar-refractivity contribution < 1.29 is 9.90 Å². The number of likely N-dealkylation sites (N-methyl/N-ethyl adjacent to an activating group) is 1. The molecule has 1 aliphatic carbocycles. The second-order valence-corrected chi connectivity index (χ2v) is 6.00. The van der Waals surface area contributed by atoms with Crippen molar-refractivity contribution in [1.29, 1.82) is 0 Å². The number of aliphatic carboxylic acids is 1. The summed E-state index contributed by atoms with van der Waals surface area (Å²) in [6.45, 7) is 5.49. The number of rotatable bonds is 2. The molecule has 2 rings (SSSR count). The van der Waals surface area contributed by atoms with Crippen LogP contribution in [0.1, 0.15) is 39.0 Å². The Labute approximate surface area is 110 Å². The number of hydrogen-bond acceptors (Lipinski definition) is 3. The molecule has 3 atom stereocenters. The molecule has 3 unspecified atom stereocenters. The fourth-order valence-electron chi connectivity index (χ4n) is 3.68. The van der Waals surface area contributed by atoms with Gasteiger partial charge in [0.1, 0.15) is 0 Å². The van der Waals surface area contributed by atoms with E-state index >= 15 is 0 Å². The zero-order valence-corrected chi connectivity index (χ0v) is 11.6. The number of hydrogen-bond donors (Lipinski definition) is 1. The number of carbonyl (C=O) groups is 1. The average Bonchev–Trinajstić information content (AvgIpc) is 2.50. The monoisotopic (exact) mass is 254 g/mol. The summed E-state index contributed by atoms with van der Waals surface area (Å²) < 4.78 is 0. The van der Waals surface area contributed by atoms with E-state index in [4.69, 9.17) is 0 Å². The molecule has 1 heterocycles. The summed E-state index contributed by atoms with van der Waals surface area (Å²) in [7, 11) is 2.16. The van der Waals surface area contributed by atoms with Crippen LogP contribution in [0.15, 0.2) is 0 Å². The molecule has 2 fully saturated rings. The minimum absolute atomic E-state index is 0.149.